The van der Waals surface area contributed by atoms with Crippen molar-refractivity contribution in [2.75, 3.05) is 33.7 Å². The normalized spacial score (nSPS) is 11.3. The number of hydrogen-bond acceptors (Lipinski definition) is 4. The van der Waals surface area contributed by atoms with Gasteiger partial charge in [0.2, 0.25) is 5.82 Å². The Bertz CT molecular complexity index is 413. The lowest BCUT2D eigenvalue weighted by Crippen LogP contribution is -2.39. The first-order valence-corrected chi connectivity index (χ1v) is 7.29. The van der Waals surface area contributed by atoms with E-state index in [1.54, 1.807) is 0 Å². The average Bonchev–Trinajstić information content (AvgIpc) is 2.82. The number of carbonyl (C=O) groups is 1. The summed E-state index contributed by atoms with van der Waals surface area (Å²) in [7, 11) is 4.01. The molecule has 6 nitrogen and oxygen atoms in total. The Hall–Kier alpha value is -1.43. The van der Waals surface area contributed by atoms with Gasteiger partial charge in [-0.15, -0.1) is 5.10 Å². The molecular weight excluding hydrogens is 254 g/mol. The molecule has 0 aromatic carbocycles. The van der Waals surface area contributed by atoms with E-state index in [4.69, 9.17) is 0 Å². The highest BCUT2D eigenvalue weighted by molar-refractivity contribution is 5.90. The van der Waals surface area contributed by atoms with E-state index in [9.17, 15) is 4.79 Å². The van der Waals surface area contributed by atoms with Crippen LogP contribution in [0.2, 0.25) is 0 Å². The molecule has 0 aliphatic heterocycles. The van der Waals surface area contributed by atoms with Gasteiger partial charge in [0, 0.05) is 26.1 Å². The number of nitrogens with one attached hydrogen (secondary N) is 1. The lowest BCUT2D eigenvalue weighted by atomic mass is 10.2. The van der Waals surface area contributed by atoms with Crippen molar-refractivity contribution in [2.24, 2.45) is 5.92 Å². The minimum Gasteiger partial charge on any atom is -0.334 e. The van der Waals surface area contributed by atoms with Gasteiger partial charge in [0.15, 0.2) is 0 Å². The molecule has 0 fully saturated rings. The second kappa shape index (κ2) is 7.99. The molecule has 1 aromatic heterocycles. The van der Waals surface area contributed by atoms with Crippen LogP contribution >= 0.6 is 0 Å². The van der Waals surface area contributed by atoms with Crippen molar-refractivity contribution in [3.63, 3.8) is 0 Å². The van der Waals surface area contributed by atoms with Crippen molar-refractivity contribution < 1.29 is 4.79 Å². The van der Waals surface area contributed by atoms with Gasteiger partial charge >= 0.3 is 0 Å². The first-order valence-electron chi connectivity index (χ1n) is 7.29. The predicted molar refractivity (Wildman–Crippen MR) is 79.7 cm³/mol. The quantitative estimate of drug-likeness (QED) is 0.782. The van der Waals surface area contributed by atoms with Gasteiger partial charge < -0.3 is 9.80 Å². The van der Waals surface area contributed by atoms with Crippen molar-refractivity contribution in [1.29, 1.82) is 0 Å². The van der Waals surface area contributed by atoms with E-state index in [1.165, 1.54) is 0 Å². The molecule has 20 heavy (non-hydrogen) atoms. The maximum absolute atomic E-state index is 12.5. The van der Waals surface area contributed by atoms with Crippen LogP contribution in [0.3, 0.4) is 0 Å². The summed E-state index contributed by atoms with van der Waals surface area (Å²) in [5, 5.41) is 6.89. The molecule has 1 rings (SSSR count). The largest absolute Gasteiger partial charge is 0.334 e. The Balaban J connectivity index is 2.74. The molecule has 0 saturated heterocycles. The van der Waals surface area contributed by atoms with Crippen LogP contribution < -0.4 is 0 Å². The molecule has 0 radical (unpaired) electrons. The van der Waals surface area contributed by atoms with Crippen LogP contribution in [0.4, 0.5) is 0 Å². The van der Waals surface area contributed by atoms with Crippen LogP contribution in [0, 0.1) is 5.92 Å². The van der Waals surface area contributed by atoms with E-state index < -0.39 is 0 Å². The number of amides is 1. The third-order valence-electron chi connectivity index (χ3n) is 2.90. The fourth-order valence-electron chi connectivity index (χ4n) is 1.92. The summed E-state index contributed by atoms with van der Waals surface area (Å²) in [6, 6.07) is 0. The van der Waals surface area contributed by atoms with Crippen LogP contribution in [0.1, 0.15) is 43.6 Å². The molecule has 0 aliphatic carbocycles. The molecule has 0 spiro atoms. The van der Waals surface area contributed by atoms with Crippen molar-refractivity contribution >= 4 is 5.91 Å². The van der Waals surface area contributed by atoms with E-state index in [0.717, 1.165) is 31.8 Å². The van der Waals surface area contributed by atoms with E-state index in [2.05, 4.69) is 40.9 Å². The van der Waals surface area contributed by atoms with Gasteiger partial charge in [-0.25, -0.2) is 4.98 Å². The Morgan fingerprint density at radius 1 is 1.30 bits per heavy atom. The topological polar surface area (TPSA) is 65.1 Å². The van der Waals surface area contributed by atoms with Crippen molar-refractivity contribution in [2.45, 2.75) is 33.6 Å². The summed E-state index contributed by atoms with van der Waals surface area (Å²) < 4.78 is 0. The van der Waals surface area contributed by atoms with E-state index in [1.807, 2.05) is 19.0 Å². The molecule has 114 valence electrons. The average molecular weight is 281 g/mol. The summed E-state index contributed by atoms with van der Waals surface area (Å²) in [6.45, 7) is 8.55. The van der Waals surface area contributed by atoms with Gasteiger partial charge in [0.05, 0.1) is 0 Å². The highest BCUT2D eigenvalue weighted by Gasteiger charge is 2.21. The number of carbonyl (C=O) groups excluding carboxylic acids is 1. The van der Waals surface area contributed by atoms with E-state index in [-0.39, 0.29) is 11.7 Å². The Labute approximate surface area is 121 Å². The summed E-state index contributed by atoms with van der Waals surface area (Å²) in [4.78, 5) is 20.7. The van der Waals surface area contributed by atoms with Crippen molar-refractivity contribution in [1.82, 2.24) is 25.0 Å². The zero-order chi connectivity index (χ0) is 15.1. The Morgan fingerprint density at radius 2 is 2.00 bits per heavy atom. The molecule has 1 N–H and O–H groups in total. The van der Waals surface area contributed by atoms with Crippen LogP contribution in [-0.2, 0) is 6.42 Å². The summed E-state index contributed by atoms with van der Waals surface area (Å²) in [6.07, 6.45) is 1.81. The van der Waals surface area contributed by atoms with E-state index in [0.29, 0.717) is 12.5 Å². The van der Waals surface area contributed by atoms with Crippen LogP contribution in [-0.4, -0.2) is 64.6 Å². The minimum absolute atomic E-state index is 0.0841. The number of aromatic nitrogens is 3. The second-order valence-corrected chi connectivity index (χ2v) is 5.80. The third-order valence-corrected chi connectivity index (χ3v) is 2.90. The smallest absolute Gasteiger partial charge is 0.293 e. The van der Waals surface area contributed by atoms with Crippen molar-refractivity contribution in [3.05, 3.63) is 11.6 Å². The van der Waals surface area contributed by atoms with Gasteiger partial charge in [0.1, 0.15) is 5.82 Å². The first-order chi connectivity index (χ1) is 9.43. The molecule has 0 bridgehead atoms. The number of hydrogen-bond donors (Lipinski definition) is 1. The molecule has 6 heteroatoms. The highest BCUT2D eigenvalue weighted by Crippen LogP contribution is 2.05. The van der Waals surface area contributed by atoms with Gasteiger partial charge in [-0.3, -0.25) is 9.89 Å². The zero-order valence-electron chi connectivity index (χ0n) is 13.3. The molecule has 1 amide bonds. The summed E-state index contributed by atoms with van der Waals surface area (Å²) in [5.41, 5.74) is 0. The van der Waals surface area contributed by atoms with E-state index >= 15 is 0 Å². The number of nitrogens with zero attached hydrogens (tertiary/aromatic N) is 4. The van der Waals surface area contributed by atoms with Crippen LogP contribution in [0.25, 0.3) is 0 Å². The van der Waals surface area contributed by atoms with Crippen LogP contribution in [0.5, 0.6) is 0 Å². The maximum atomic E-state index is 12.5. The molecule has 0 unspecified atom stereocenters. The molecular formula is C14H27N5O. The monoisotopic (exact) mass is 281 g/mol. The minimum atomic E-state index is -0.0841. The third kappa shape index (κ3) is 5.28. The standard InChI is InChI=1S/C14H27N5O/c1-6-7-12-15-13(17-16-12)14(20)19(10-11(2)3)9-8-18(4)5/h11H,6-10H2,1-5H3,(H,15,16,17). The SMILES string of the molecule is CCCc1nc(C(=O)N(CCN(C)C)CC(C)C)n[nH]1. The fraction of sp³-hybridized carbons (Fsp3) is 0.786. The summed E-state index contributed by atoms with van der Waals surface area (Å²) >= 11 is 0. The molecule has 1 aromatic rings. The fourth-order valence-corrected chi connectivity index (χ4v) is 1.92. The molecule has 0 atom stereocenters. The Morgan fingerprint density at radius 3 is 2.55 bits per heavy atom. The second-order valence-electron chi connectivity index (χ2n) is 5.80. The van der Waals surface area contributed by atoms with Gasteiger partial charge in [-0.2, -0.15) is 0 Å². The highest BCUT2D eigenvalue weighted by atomic mass is 16.2. The first kappa shape index (κ1) is 16.6. The van der Waals surface area contributed by atoms with Gasteiger partial charge in [-0.05, 0) is 26.4 Å². The number of H-pyrrole nitrogens is 1. The summed E-state index contributed by atoms with van der Waals surface area (Å²) in [5.74, 6) is 1.41. The molecule has 0 saturated carbocycles. The van der Waals surface area contributed by atoms with Crippen molar-refractivity contribution in [3.8, 4) is 0 Å². The van der Waals surface area contributed by atoms with Gasteiger partial charge in [0.25, 0.3) is 5.91 Å². The number of likely N-dealkylation sites (N-methyl/N-ethyl adjacent to an activating group) is 1. The molecule has 1 heterocycles. The maximum Gasteiger partial charge on any atom is 0.293 e. The zero-order valence-corrected chi connectivity index (χ0v) is 13.3. The number of aromatic amines is 1. The lowest BCUT2D eigenvalue weighted by molar-refractivity contribution is 0.0712. The Kier molecular flexibility index (Phi) is 6.64. The van der Waals surface area contributed by atoms with Crippen LogP contribution in [0.15, 0.2) is 0 Å². The number of rotatable bonds is 8. The lowest BCUT2D eigenvalue weighted by Gasteiger charge is -2.24. The van der Waals surface area contributed by atoms with Gasteiger partial charge in [-0.1, -0.05) is 20.8 Å². The number of aryl methyl sites for hydroxylation is 1. The predicted octanol–water partition coefficient (Wildman–Crippen LogP) is 1.42. The molecule has 0 aliphatic rings.